The van der Waals surface area contributed by atoms with Crippen LogP contribution in [0, 0.1) is 5.92 Å². The molecule has 0 bridgehead atoms. The second kappa shape index (κ2) is 3.36. The van der Waals surface area contributed by atoms with Crippen LogP contribution in [-0.4, -0.2) is 22.5 Å². The van der Waals surface area contributed by atoms with Crippen molar-refractivity contribution in [2.24, 2.45) is 5.92 Å². The first-order valence-corrected chi connectivity index (χ1v) is 4.55. The molecule has 1 amide bonds. The molecule has 0 aromatic rings. The number of amides is 1. The number of carboxylic acid groups (broad SMARTS) is 1. The van der Waals surface area contributed by atoms with E-state index >= 15 is 0 Å². The van der Waals surface area contributed by atoms with Gasteiger partial charge < -0.3 is 10.4 Å². The van der Waals surface area contributed by atoms with Crippen LogP contribution in [0.1, 0.15) is 33.1 Å². The summed E-state index contributed by atoms with van der Waals surface area (Å²) in [6, 6.07) is 0. The van der Waals surface area contributed by atoms with Crippen molar-refractivity contribution in [3.05, 3.63) is 0 Å². The topological polar surface area (TPSA) is 66.4 Å². The Hall–Kier alpha value is -1.06. The molecule has 0 aromatic carbocycles. The Bertz CT molecular complexity index is 235. The molecule has 0 aromatic heterocycles. The maximum absolute atomic E-state index is 11.3. The highest BCUT2D eigenvalue weighted by atomic mass is 16.4. The fourth-order valence-corrected chi connectivity index (χ4v) is 1.01. The van der Waals surface area contributed by atoms with Gasteiger partial charge in [-0.2, -0.15) is 0 Å². The molecule has 0 radical (unpaired) electrons. The van der Waals surface area contributed by atoms with Gasteiger partial charge in [0.2, 0.25) is 5.91 Å². The molecule has 4 heteroatoms. The van der Waals surface area contributed by atoms with Gasteiger partial charge >= 0.3 is 5.97 Å². The summed E-state index contributed by atoms with van der Waals surface area (Å²) in [5, 5.41) is 11.4. The fourth-order valence-electron chi connectivity index (χ4n) is 1.01. The van der Waals surface area contributed by atoms with Gasteiger partial charge in [-0.25, -0.2) is 4.79 Å². The zero-order valence-corrected chi connectivity index (χ0v) is 7.96. The average molecular weight is 185 g/mol. The van der Waals surface area contributed by atoms with Gasteiger partial charge in [-0.05, 0) is 26.2 Å². The van der Waals surface area contributed by atoms with E-state index in [1.165, 1.54) is 6.92 Å². The second-order valence-corrected chi connectivity index (χ2v) is 3.75. The van der Waals surface area contributed by atoms with Gasteiger partial charge in [-0.15, -0.1) is 0 Å². The maximum Gasteiger partial charge on any atom is 0.329 e. The number of rotatable bonds is 4. The van der Waals surface area contributed by atoms with E-state index in [-0.39, 0.29) is 11.8 Å². The van der Waals surface area contributed by atoms with E-state index in [0.29, 0.717) is 6.42 Å². The number of aliphatic carboxylic acids is 1. The Labute approximate surface area is 77.3 Å². The first kappa shape index (κ1) is 10.0. The number of nitrogens with one attached hydrogen (secondary N) is 1. The predicted octanol–water partition coefficient (Wildman–Crippen LogP) is 0.766. The van der Waals surface area contributed by atoms with Crippen molar-refractivity contribution in [3.63, 3.8) is 0 Å². The van der Waals surface area contributed by atoms with Crippen LogP contribution in [0.4, 0.5) is 0 Å². The van der Waals surface area contributed by atoms with Gasteiger partial charge in [0, 0.05) is 5.92 Å². The Kier molecular flexibility index (Phi) is 2.59. The van der Waals surface area contributed by atoms with E-state index in [1.807, 2.05) is 0 Å². The van der Waals surface area contributed by atoms with Crippen molar-refractivity contribution in [2.45, 2.75) is 38.6 Å². The molecule has 1 fully saturated rings. The standard InChI is InChI=1S/C9H15NO3/c1-3-9(2,8(12)13)10-7(11)6-4-5-6/h6H,3-5H2,1-2H3,(H,10,11)(H,12,13). The highest BCUT2D eigenvalue weighted by molar-refractivity contribution is 5.88. The molecule has 0 heterocycles. The first-order valence-electron chi connectivity index (χ1n) is 4.55. The molecule has 4 nitrogen and oxygen atoms in total. The largest absolute Gasteiger partial charge is 0.480 e. The molecule has 1 atom stereocenters. The molecule has 1 rings (SSSR count). The number of carbonyl (C=O) groups excluding carboxylic acids is 1. The Balaban J connectivity index is 2.56. The minimum absolute atomic E-state index is 0.0604. The summed E-state index contributed by atoms with van der Waals surface area (Å²) < 4.78 is 0. The maximum atomic E-state index is 11.3. The summed E-state index contributed by atoms with van der Waals surface area (Å²) in [4.78, 5) is 22.1. The molecule has 13 heavy (non-hydrogen) atoms. The van der Waals surface area contributed by atoms with E-state index < -0.39 is 11.5 Å². The van der Waals surface area contributed by atoms with Gasteiger partial charge in [-0.1, -0.05) is 6.92 Å². The zero-order chi connectivity index (χ0) is 10.1. The fraction of sp³-hybridized carbons (Fsp3) is 0.778. The molecule has 1 aliphatic carbocycles. The summed E-state index contributed by atoms with van der Waals surface area (Å²) >= 11 is 0. The quantitative estimate of drug-likeness (QED) is 0.679. The molecule has 0 spiro atoms. The predicted molar refractivity (Wildman–Crippen MR) is 47.2 cm³/mol. The number of carboxylic acids is 1. The highest BCUT2D eigenvalue weighted by Crippen LogP contribution is 2.29. The molecule has 1 aliphatic rings. The lowest BCUT2D eigenvalue weighted by molar-refractivity contribution is -0.147. The number of hydrogen-bond acceptors (Lipinski definition) is 2. The second-order valence-electron chi connectivity index (χ2n) is 3.75. The van der Waals surface area contributed by atoms with E-state index in [0.717, 1.165) is 12.8 Å². The Morgan fingerprint density at radius 3 is 2.38 bits per heavy atom. The van der Waals surface area contributed by atoms with E-state index in [1.54, 1.807) is 6.92 Å². The smallest absolute Gasteiger partial charge is 0.329 e. The molecular weight excluding hydrogens is 170 g/mol. The van der Waals surface area contributed by atoms with Crippen LogP contribution in [0.3, 0.4) is 0 Å². The van der Waals surface area contributed by atoms with Crippen LogP contribution in [0.2, 0.25) is 0 Å². The molecule has 2 N–H and O–H groups in total. The van der Waals surface area contributed by atoms with Crippen molar-refractivity contribution in [1.82, 2.24) is 5.32 Å². The third-order valence-electron chi connectivity index (χ3n) is 2.53. The lowest BCUT2D eigenvalue weighted by Gasteiger charge is -2.24. The van der Waals surface area contributed by atoms with Crippen LogP contribution in [0.25, 0.3) is 0 Å². The normalized spacial score (nSPS) is 20.5. The first-order chi connectivity index (χ1) is 5.99. The molecule has 1 unspecified atom stereocenters. The monoisotopic (exact) mass is 185 g/mol. The highest BCUT2D eigenvalue weighted by Gasteiger charge is 2.38. The number of hydrogen-bond donors (Lipinski definition) is 2. The van der Waals surface area contributed by atoms with Crippen LogP contribution in [-0.2, 0) is 9.59 Å². The average Bonchev–Trinajstić information content (AvgIpc) is 2.85. The Morgan fingerprint density at radius 1 is 1.54 bits per heavy atom. The van der Waals surface area contributed by atoms with Crippen molar-refractivity contribution in [1.29, 1.82) is 0 Å². The van der Waals surface area contributed by atoms with Crippen molar-refractivity contribution in [2.75, 3.05) is 0 Å². The van der Waals surface area contributed by atoms with Gasteiger partial charge in [0.1, 0.15) is 5.54 Å². The molecular formula is C9H15NO3. The van der Waals surface area contributed by atoms with Crippen LogP contribution >= 0.6 is 0 Å². The van der Waals surface area contributed by atoms with Crippen molar-refractivity contribution in [3.8, 4) is 0 Å². The van der Waals surface area contributed by atoms with Crippen LogP contribution < -0.4 is 5.32 Å². The summed E-state index contributed by atoms with van der Waals surface area (Å²) in [6.07, 6.45) is 2.19. The van der Waals surface area contributed by atoms with Gasteiger partial charge in [0.25, 0.3) is 0 Å². The molecule has 74 valence electrons. The van der Waals surface area contributed by atoms with Gasteiger partial charge in [-0.3, -0.25) is 4.79 Å². The minimum Gasteiger partial charge on any atom is -0.480 e. The lowest BCUT2D eigenvalue weighted by atomic mass is 9.99. The molecule has 0 saturated heterocycles. The molecule has 0 aliphatic heterocycles. The van der Waals surface area contributed by atoms with E-state index in [4.69, 9.17) is 5.11 Å². The summed E-state index contributed by atoms with van der Waals surface area (Å²) in [6.45, 7) is 3.29. The number of carbonyl (C=O) groups is 2. The van der Waals surface area contributed by atoms with Crippen LogP contribution in [0.15, 0.2) is 0 Å². The van der Waals surface area contributed by atoms with Crippen molar-refractivity contribution >= 4 is 11.9 Å². The third kappa shape index (κ3) is 2.20. The summed E-state index contributed by atoms with van der Waals surface area (Å²) in [5.74, 6) is -1.03. The minimum atomic E-state index is -1.10. The van der Waals surface area contributed by atoms with Gasteiger partial charge in [0.15, 0.2) is 0 Å². The van der Waals surface area contributed by atoms with E-state index in [2.05, 4.69) is 5.32 Å². The Morgan fingerprint density at radius 2 is 2.08 bits per heavy atom. The SMILES string of the molecule is CCC(C)(NC(=O)C1CC1)C(=O)O. The summed E-state index contributed by atoms with van der Waals surface area (Å²) in [7, 11) is 0. The third-order valence-corrected chi connectivity index (χ3v) is 2.53. The van der Waals surface area contributed by atoms with Crippen molar-refractivity contribution < 1.29 is 14.7 Å². The van der Waals surface area contributed by atoms with E-state index in [9.17, 15) is 9.59 Å². The lowest BCUT2D eigenvalue weighted by Crippen LogP contribution is -2.52. The molecule has 1 saturated carbocycles. The van der Waals surface area contributed by atoms with Gasteiger partial charge in [0.05, 0.1) is 0 Å². The van der Waals surface area contributed by atoms with Crippen LogP contribution in [0.5, 0.6) is 0 Å². The zero-order valence-electron chi connectivity index (χ0n) is 7.96. The summed E-state index contributed by atoms with van der Waals surface area (Å²) in [5.41, 5.74) is -1.10.